The Balaban J connectivity index is 2.41. The molecule has 96 valence electrons. The van der Waals surface area contributed by atoms with E-state index in [-0.39, 0.29) is 0 Å². The summed E-state index contributed by atoms with van der Waals surface area (Å²) in [5.74, 6) is 0.508. The number of rotatable bonds is 4. The summed E-state index contributed by atoms with van der Waals surface area (Å²) in [6.07, 6.45) is -4.01. The molecule has 0 aliphatic carbocycles. The predicted octanol–water partition coefficient (Wildman–Crippen LogP) is -0.123. The van der Waals surface area contributed by atoms with Crippen molar-refractivity contribution in [1.82, 2.24) is 0 Å². The molecule has 0 aromatic carbocycles. The summed E-state index contributed by atoms with van der Waals surface area (Å²) >= 11 is 0. The number of aliphatic hydroxyl groups is 3. The van der Waals surface area contributed by atoms with E-state index in [4.69, 9.17) is 9.47 Å². The Morgan fingerprint density at radius 3 is 2.31 bits per heavy atom. The summed E-state index contributed by atoms with van der Waals surface area (Å²) < 4.78 is 10.6. The minimum atomic E-state index is -1.22. The van der Waals surface area contributed by atoms with E-state index in [1.54, 1.807) is 6.92 Å². The molecule has 3 N–H and O–H groups in total. The maximum atomic E-state index is 9.63. The highest BCUT2D eigenvalue weighted by Crippen LogP contribution is 2.22. The van der Waals surface area contributed by atoms with Gasteiger partial charge in [-0.15, -0.1) is 0 Å². The van der Waals surface area contributed by atoms with E-state index in [2.05, 4.69) is 13.8 Å². The third kappa shape index (κ3) is 3.40. The fraction of sp³-hybridized carbons (Fsp3) is 1.00. The van der Waals surface area contributed by atoms with E-state index in [9.17, 15) is 15.3 Å². The average molecular weight is 234 g/mol. The minimum Gasteiger partial charge on any atom is -0.388 e. The topological polar surface area (TPSA) is 79.2 Å². The molecule has 0 aromatic heterocycles. The van der Waals surface area contributed by atoms with Crippen LogP contribution in [0.5, 0.6) is 0 Å². The molecule has 5 nitrogen and oxygen atoms in total. The summed E-state index contributed by atoms with van der Waals surface area (Å²) in [5, 5.41) is 28.6. The zero-order valence-corrected chi connectivity index (χ0v) is 10.0. The van der Waals surface area contributed by atoms with Gasteiger partial charge in [-0.05, 0) is 19.3 Å². The Bertz CT molecular complexity index is 209. The highest BCUT2D eigenvalue weighted by Gasteiger charge is 2.42. The quantitative estimate of drug-likeness (QED) is 0.632. The maximum Gasteiger partial charge on any atom is 0.186 e. The second-order valence-electron chi connectivity index (χ2n) is 4.73. The van der Waals surface area contributed by atoms with Gasteiger partial charge < -0.3 is 24.8 Å². The first kappa shape index (κ1) is 13.9. The number of hydrogen-bond acceptors (Lipinski definition) is 5. The third-order valence-electron chi connectivity index (χ3n) is 2.79. The Kier molecular flexibility index (Phi) is 5.14. The standard InChI is InChI=1S/C11H22O5/c1-6(2)4-5-15-11-10(14)9(13)8(12)7(3)16-11/h6-14H,4-5H2,1-3H3/t7-,8+,9+,10-,11-/m0/s1. The van der Waals surface area contributed by atoms with Gasteiger partial charge in [0, 0.05) is 0 Å². The maximum absolute atomic E-state index is 9.63. The van der Waals surface area contributed by atoms with Gasteiger partial charge in [-0.25, -0.2) is 0 Å². The van der Waals surface area contributed by atoms with Crippen molar-refractivity contribution in [3.05, 3.63) is 0 Å². The van der Waals surface area contributed by atoms with Crippen molar-refractivity contribution >= 4 is 0 Å². The SMILES string of the molecule is CC(C)CCO[C@H]1O[C@@H](C)[C@@H](O)[C@@H](O)[C@@H]1O. The van der Waals surface area contributed by atoms with E-state index in [0.29, 0.717) is 12.5 Å². The van der Waals surface area contributed by atoms with Gasteiger partial charge in [-0.3, -0.25) is 0 Å². The molecule has 1 fully saturated rings. The molecule has 0 radical (unpaired) electrons. The molecular weight excluding hydrogens is 212 g/mol. The van der Waals surface area contributed by atoms with E-state index in [0.717, 1.165) is 6.42 Å². The van der Waals surface area contributed by atoms with Gasteiger partial charge in [0.2, 0.25) is 0 Å². The van der Waals surface area contributed by atoms with Gasteiger partial charge in [0.05, 0.1) is 12.7 Å². The van der Waals surface area contributed by atoms with E-state index >= 15 is 0 Å². The highest BCUT2D eigenvalue weighted by atomic mass is 16.7. The molecule has 1 aliphatic heterocycles. The smallest absolute Gasteiger partial charge is 0.186 e. The number of hydrogen-bond donors (Lipinski definition) is 3. The molecule has 0 bridgehead atoms. The molecule has 0 amide bonds. The monoisotopic (exact) mass is 234 g/mol. The van der Waals surface area contributed by atoms with Crippen LogP contribution in [0.4, 0.5) is 0 Å². The van der Waals surface area contributed by atoms with Gasteiger partial charge in [0.15, 0.2) is 6.29 Å². The van der Waals surface area contributed by atoms with Crippen LogP contribution in [0.3, 0.4) is 0 Å². The van der Waals surface area contributed by atoms with Crippen molar-refractivity contribution < 1.29 is 24.8 Å². The normalized spacial score (nSPS) is 40.3. The van der Waals surface area contributed by atoms with Gasteiger partial charge in [-0.1, -0.05) is 13.8 Å². The number of aliphatic hydroxyl groups excluding tert-OH is 3. The Labute approximate surface area is 96.0 Å². The van der Waals surface area contributed by atoms with Crippen LogP contribution in [0.25, 0.3) is 0 Å². The fourth-order valence-corrected chi connectivity index (χ4v) is 1.57. The van der Waals surface area contributed by atoms with Crippen LogP contribution in [-0.4, -0.2) is 52.6 Å². The van der Waals surface area contributed by atoms with Gasteiger partial charge in [0.25, 0.3) is 0 Å². The van der Waals surface area contributed by atoms with Crippen LogP contribution < -0.4 is 0 Å². The van der Waals surface area contributed by atoms with Gasteiger partial charge >= 0.3 is 0 Å². The summed E-state index contributed by atoms with van der Waals surface area (Å²) in [4.78, 5) is 0. The van der Waals surface area contributed by atoms with Crippen LogP contribution >= 0.6 is 0 Å². The molecule has 16 heavy (non-hydrogen) atoms. The van der Waals surface area contributed by atoms with E-state index in [1.807, 2.05) is 0 Å². The molecule has 0 saturated carbocycles. The summed E-state index contributed by atoms with van der Waals surface area (Å²) in [7, 11) is 0. The largest absolute Gasteiger partial charge is 0.388 e. The lowest BCUT2D eigenvalue weighted by atomic mass is 10.00. The lowest BCUT2D eigenvalue weighted by Crippen LogP contribution is -2.57. The van der Waals surface area contributed by atoms with E-state index < -0.39 is 30.7 Å². The zero-order chi connectivity index (χ0) is 12.3. The second kappa shape index (κ2) is 5.93. The first-order valence-electron chi connectivity index (χ1n) is 5.74. The van der Waals surface area contributed by atoms with Gasteiger partial charge in [-0.2, -0.15) is 0 Å². The zero-order valence-electron chi connectivity index (χ0n) is 10.0. The summed E-state index contributed by atoms with van der Waals surface area (Å²) in [6.45, 7) is 6.25. The highest BCUT2D eigenvalue weighted by molar-refractivity contribution is 4.87. The van der Waals surface area contributed by atoms with Crippen LogP contribution in [0.2, 0.25) is 0 Å². The van der Waals surface area contributed by atoms with E-state index in [1.165, 1.54) is 0 Å². The molecule has 5 atom stereocenters. The van der Waals surface area contributed by atoms with Crippen molar-refractivity contribution in [2.24, 2.45) is 5.92 Å². The lowest BCUT2D eigenvalue weighted by Gasteiger charge is -2.39. The molecule has 1 saturated heterocycles. The molecule has 0 spiro atoms. The van der Waals surface area contributed by atoms with Crippen molar-refractivity contribution in [1.29, 1.82) is 0 Å². The fourth-order valence-electron chi connectivity index (χ4n) is 1.57. The van der Waals surface area contributed by atoms with Crippen LogP contribution in [0.1, 0.15) is 27.2 Å². The molecule has 1 rings (SSSR count). The molecule has 0 aromatic rings. The molecule has 0 unspecified atom stereocenters. The number of ether oxygens (including phenoxy) is 2. The average Bonchev–Trinajstić information content (AvgIpc) is 2.22. The van der Waals surface area contributed by atoms with Crippen molar-refractivity contribution in [2.45, 2.75) is 57.9 Å². The van der Waals surface area contributed by atoms with Crippen LogP contribution in [0.15, 0.2) is 0 Å². The molecule has 1 heterocycles. The Morgan fingerprint density at radius 2 is 1.75 bits per heavy atom. The van der Waals surface area contributed by atoms with Crippen molar-refractivity contribution in [3.63, 3.8) is 0 Å². The summed E-state index contributed by atoms with van der Waals surface area (Å²) in [5.41, 5.74) is 0. The predicted molar refractivity (Wildman–Crippen MR) is 57.8 cm³/mol. The Hall–Kier alpha value is -0.200. The van der Waals surface area contributed by atoms with Crippen molar-refractivity contribution in [3.8, 4) is 0 Å². The molecule has 1 aliphatic rings. The van der Waals surface area contributed by atoms with Crippen LogP contribution in [0, 0.1) is 5.92 Å². The Morgan fingerprint density at radius 1 is 1.12 bits per heavy atom. The molecular formula is C11H22O5. The minimum absolute atomic E-state index is 0.467. The lowest BCUT2D eigenvalue weighted by molar-refractivity contribution is -0.293. The van der Waals surface area contributed by atoms with Crippen LogP contribution in [-0.2, 0) is 9.47 Å². The van der Waals surface area contributed by atoms with Crippen molar-refractivity contribution in [2.75, 3.05) is 6.61 Å². The third-order valence-corrected chi connectivity index (χ3v) is 2.79. The second-order valence-corrected chi connectivity index (χ2v) is 4.73. The first-order chi connectivity index (χ1) is 7.43. The molecule has 5 heteroatoms. The first-order valence-corrected chi connectivity index (χ1v) is 5.74. The summed E-state index contributed by atoms with van der Waals surface area (Å²) in [6, 6.07) is 0. The van der Waals surface area contributed by atoms with Gasteiger partial charge in [0.1, 0.15) is 18.3 Å².